The minimum atomic E-state index is -0.0800. The molecule has 0 spiro atoms. The number of hydrogen-bond donors (Lipinski definition) is 2. The second-order valence-corrected chi connectivity index (χ2v) is 5.21. The van der Waals surface area contributed by atoms with Crippen LogP contribution in [-0.2, 0) is 0 Å². The van der Waals surface area contributed by atoms with Crippen molar-refractivity contribution in [2.45, 2.75) is 12.8 Å². The average molecular weight is 282 g/mol. The Kier molecular flexibility index (Phi) is 3.48. The van der Waals surface area contributed by atoms with Gasteiger partial charge in [-0.15, -0.1) is 0 Å². The van der Waals surface area contributed by atoms with E-state index in [0.29, 0.717) is 16.8 Å². The van der Waals surface area contributed by atoms with Crippen LogP contribution in [0.2, 0.25) is 0 Å². The van der Waals surface area contributed by atoms with Gasteiger partial charge in [0, 0.05) is 18.7 Å². The molecule has 0 saturated carbocycles. The number of carbonyl (C=O) groups is 1. The predicted molar refractivity (Wildman–Crippen MR) is 83.6 cm³/mol. The van der Waals surface area contributed by atoms with E-state index in [4.69, 9.17) is 11.5 Å². The third-order valence-electron chi connectivity index (χ3n) is 3.81. The molecule has 0 atom stereocenters. The molecule has 1 saturated heterocycles. The van der Waals surface area contributed by atoms with Crippen molar-refractivity contribution < 1.29 is 4.79 Å². The first-order valence-corrected chi connectivity index (χ1v) is 7.07. The van der Waals surface area contributed by atoms with Crippen LogP contribution in [0.15, 0.2) is 36.5 Å². The van der Waals surface area contributed by atoms with Crippen molar-refractivity contribution in [3.63, 3.8) is 0 Å². The molecule has 2 heterocycles. The molecule has 5 nitrogen and oxygen atoms in total. The van der Waals surface area contributed by atoms with Crippen LogP contribution in [0.3, 0.4) is 0 Å². The van der Waals surface area contributed by atoms with Gasteiger partial charge in [-0.25, -0.2) is 4.98 Å². The number of carbonyl (C=O) groups excluding carboxylic acids is 1. The van der Waals surface area contributed by atoms with Gasteiger partial charge in [0.15, 0.2) is 0 Å². The molecule has 3 rings (SSSR count). The highest BCUT2D eigenvalue weighted by molar-refractivity contribution is 6.07. The van der Waals surface area contributed by atoms with Crippen LogP contribution >= 0.6 is 0 Å². The lowest BCUT2D eigenvalue weighted by molar-refractivity contribution is 0.0794. The number of nitrogens with zero attached hydrogens (tertiary/aromatic N) is 2. The molecule has 1 amide bonds. The van der Waals surface area contributed by atoms with Gasteiger partial charge >= 0.3 is 0 Å². The number of nitrogens with two attached hydrogens (primary N) is 2. The van der Waals surface area contributed by atoms with Crippen LogP contribution in [-0.4, -0.2) is 28.9 Å². The van der Waals surface area contributed by atoms with Gasteiger partial charge in [0.25, 0.3) is 5.91 Å². The largest absolute Gasteiger partial charge is 0.397 e. The van der Waals surface area contributed by atoms with Gasteiger partial charge in [0.2, 0.25) is 0 Å². The second-order valence-electron chi connectivity index (χ2n) is 5.21. The molecule has 1 aliphatic rings. The first kappa shape index (κ1) is 13.4. The van der Waals surface area contributed by atoms with E-state index < -0.39 is 0 Å². The maximum atomic E-state index is 12.8. The van der Waals surface area contributed by atoms with Crippen molar-refractivity contribution in [1.29, 1.82) is 0 Å². The average Bonchev–Trinajstić information content (AvgIpc) is 3.04. The normalized spacial score (nSPS) is 14.4. The van der Waals surface area contributed by atoms with Crippen LogP contribution < -0.4 is 11.5 Å². The maximum Gasteiger partial charge on any atom is 0.258 e. The van der Waals surface area contributed by atoms with Crippen molar-refractivity contribution in [2.75, 3.05) is 24.6 Å². The number of pyridine rings is 1. The highest BCUT2D eigenvalue weighted by Gasteiger charge is 2.26. The van der Waals surface area contributed by atoms with Crippen LogP contribution in [0.1, 0.15) is 23.2 Å². The molecule has 108 valence electrons. The summed E-state index contributed by atoms with van der Waals surface area (Å²) in [7, 11) is 0. The van der Waals surface area contributed by atoms with E-state index in [1.165, 1.54) is 6.20 Å². The zero-order valence-electron chi connectivity index (χ0n) is 11.7. The van der Waals surface area contributed by atoms with Gasteiger partial charge in [0.1, 0.15) is 5.82 Å². The Bertz CT molecular complexity index is 663. The standard InChI is InChI=1S/C16H18N4O/c17-12-10-19-15(18)14(16(21)20-8-4-5-9-20)13(12)11-6-2-1-3-7-11/h1-3,6-7,10H,4-5,8-9,17H2,(H2,18,19). The van der Waals surface area contributed by atoms with E-state index in [2.05, 4.69) is 4.98 Å². The minimum Gasteiger partial charge on any atom is -0.397 e. The molecule has 1 aromatic heterocycles. The summed E-state index contributed by atoms with van der Waals surface area (Å²) in [5.74, 6) is 0.156. The lowest BCUT2D eigenvalue weighted by atomic mass is 9.98. The highest BCUT2D eigenvalue weighted by Crippen LogP contribution is 2.33. The summed E-state index contributed by atoms with van der Waals surface area (Å²) < 4.78 is 0. The van der Waals surface area contributed by atoms with Gasteiger partial charge in [-0.3, -0.25) is 4.79 Å². The van der Waals surface area contributed by atoms with Crippen molar-refractivity contribution in [2.24, 2.45) is 0 Å². The SMILES string of the molecule is Nc1cnc(N)c(C(=O)N2CCCC2)c1-c1ccccc1. The third-order valence-corrected chi connectivity index (χ3v) is 3.81. The Morgan fingerprint density at radius 3 is 2.43 bits per heavy atom. The molecule has 5 heteroatoms. The van der Waals surface area contributed by atoms with E-state index in [0.717, 1.165) is 31.5 Å². The van der Waals surface area contributed by atoms with Crippen molar-refractivity contribution in [1.82, 2.24) is 9.88 Å². The Morgan fingerprint density at radius 1 is 1.10 bits per heavy atom. The van der Waals surface area contributed by atoms with E-state index in [9.17, 15) is 4.79 Å². The summed E-state index contributed by atoms with van der Waals surface area (Å²) >= 11 is 0. The summed E-state index contributed by atoms with van der Waals surface area (Å²) in [5, 5.41) is 0. The van der Waals surface area contributed by atoms with Gasteiger partial charge in [0.05, 0.1) is 17.4 Å². The maximum absolute atomic E-state index is 12.8. The molecule has 0 bridgehead atoms. The molecule has 1 aliphatic heterocycles. The zero-order valence-corrected chi connectivity index (χ0v) is 11.7. The van der Waals surface area contributed by atoms with Crippen molar-refractivity contribution >= 4 is 17.4 Å². The van der Waals surface area contributed by atoms with Gasteiger partial charge < -0.3 is 16.4 Å². The fourth-order valence-corrected chi connectivity index (χ4v) is 2.75. The lowest BCUT2D eigenvalue weighted by Gasteiger charge is -2.20. The highest BCUT2D eigenvalue weighted by atomic mass is 16.2. The quantitative estimate of drug-likeness (QED) is 0.883. The molecule has 0 radical (unpaired) electrons. The molecule has 2 aromatic rings. The molecular weight excluding hydrogens is 264 g/mol. The number of amides is 1. The van der Waals surface area contributed by atoms with Gasteiger partial charge in [-0.1, -0.05) is 30.3 Å². The van der Waals surface area contributed by atoms with E-state index >= 15 is 0 Å². The number of nitrogen functional groups attached to an aromatic ring is 2. The van der Waals surface area contributed by atoms with E-state index in [-0.39, 0.29) is 11.7 Å². The molecular formula is C16H18N4O. The topological polar surface area (TPSA) is 85.2 Å². The van der Waals surface area contributed by atoms with Crippen LogP contribution in [0.25, 0.3) is 11.1 Å². The molecule has 0 aliphatic carbocycles. The lowest BCUT2D eigenvalue weighted by Crippen LogP contribution is -2.29. The van der Waals surface area contributed by atoms with Gasteiger partial charge in [-0.2, -0.15) is 0 Å². The number of aromatic nitrogens is 1. The van der Waals surface area contributed by atoms with Crippen LogP contribution in [0.5, 0.6) is 0 Å². The smallest absolute Gasteiger partial charge is 0.258 e. The molecule has 1 aromatic carbocycles. The molecule has 4 N–H and O–H groups in total. The van der Waals surface area contributed by atoms with E-state index in [1.54, 1.807) is 0 Å². The number of benzene rings is 1. The summed E-state index contributed by atoms with van der Waals surface area (Å²) in [6.45, 7) is 1.53. The Morgan fingerprint density at radius 2 is 1.76 bits per heavy atom. The van der Waals surface area contributed by atoms with Gasteiger partial charge in [-0.05, 0) is 18.4 Å². The van der Waals surface area contributed by atoms with E-state index in [1.807, 2.05) is 35.2 Å². The fraction of sp³-hybridized carbons (Fsp3) is 0.250. The summed E-state index contributed by atoms with van der Waals surface area (Å²) in [6.07, 6.45) is 3.57. The number of likely N-dealkylation sites (tertiary alicyclic amines) is 1. The first-order valence-electron chi connectivity index (χ1n) is 7.07. The molecule has 1 fully saturated rings. The number of anilines is 2. The third kappa shape index (κ3) is 2.42. The summed E-state index contributed by atoms with van der Waals surface area (Å²) in [5.41, 5.74) is 14.5. The minimum absolute atomic E-state index is 0.0800. The summed E-state index contributed by atoms with van der Waals surface area (Å²) in [4.78, 5) is 18.6. The van der Waals surface area contributed by atoms with Crippen LogP contribution in [0, 0.1) is 0 Å². The Labute approximate surface area is 123 Å². The number of hydrogen-bond acceptors (Lipinski definition) is 4. The molecule has 0 unspecified atom stereocenters. The number of rotatable bonds is 2. The molecule has 21 heavy (non-hydrogen) atoms. The van der Waals surface area contributed by atoms with Crippen molar-refractivity contribution in [3.05, 3.63) is 42.1 Å². The van der Waals surface area contributed by atoms with Crippen molar-refractivity contribution in [3.8, 4) is 11.1 Å². The summed E-state index contributed by atoms with van der Waals surface area (Å²) in [6, 6.07) is 9.59. The second kappa shape index (κ2) is 5.44. The Balaban J connectivity index is 2.15. The fourth-order valence-electron chi connectivity index (χ4n) is 2.75. The zero-order chi connectivity index (χ0) is 14.8. The first-order chi connectivity index (χ1) is 10.2. The van der Waals surface area contributed by atoms with Crippen LogP contribution in [0.4, 0.5) is 11.5 Å². The predicted octanol–water partition coefficient (Wildman–Crippen LogP) is 2.15. The Hall–Kier alpha value is -2.56. The monoisotopic (exact) mass is 282 g/mol.